The van der Waals surface area contributed by atoms with Crippen molar-refractivity contribution in [2.24, 2.45) is 0 Å². The van der Waals surface area contributed by atoms with Gasteiger partial charge in [0.05, 0.1) is 10.5 Å². The summed E-state index contributed by atoms with van der Waals surface area (Å²) in [5.74, 6) is 0. The van der Waals surface area contributed by atoms with E-state index >= 15 is 0 Å². The van der Waals surface area contributed by atoms with Gasteiger partial charge in [-0.1, -0.05) is 18.5 Å². The second-order valence-electron chi connectivity index (χ2n) is 4.04. The molecule has 0 saturated carbocycles. The Morgan fingerprint density at radius 2 is 2.20 bits per heavy atom. The number of thiophene rings is 1. The average Bonchev–Trinajstić information content (AvgIpc) is 3.03. The lowest BCUT2D eigenvalue weighted by atomic mass is 10.3. The maximum atomic E-state index is 12.2. The van der Waals surface area contributed by atoms with E-state index in [1.165, 1.54) is 17.5 Å². The van der Waals surface area contributed by atoms with Crippen molar-refractivity contribution in [2.45, 2.75) is 25.0 Å². The van der Waals surface area contributed by atoms with Crippen molar-refractivity contribution in [1.29, 1.82) is 0 Å². The van der Waals surface area contributed by atoms with E-state index in [9.17, 15) is 8.42 Å². The van der Waals surface area contributed by atoms with Gasteiger partial charge >= 0.3 is 0 Å². The summed E-state index contributed by atoms with van der Waals surface area (Å²) < 4.78 is 27.6. The molecular formula is C11H15ClN4O2S2. The van der Waals surface area contributed by atoms with Crippen LogP contribution in [0.5, 0.6) is 0 Å². The van der Waals surface area contributed by atoms with Crippen molar-refractivity contribution >= 4 is 33.0 Å². The molecule has 0 fully saturated rings. The monoisotopic (exact) mass is 334 g/mol. The minimum absolute atomic E-state index is 0.0982. The zero-order valence-corrected chi connectivity index (χ0v) is 13.2. The Hall–Kier alpha value is -0.930. The third-order valence-corrected chi connectivity index (χ3v) is 5.22. The number of hydrogen-bond acceptors (Lipinski definition) is 5. The summed E-state index contributed by atoms with van der Waals surface area (Å²) in [6.07, 6.45) is 1.51. The van der Waals surface area contributed by atoms with Gasteiger partial charge in [-0.25, -0.2) is 13.1 Å². The van der Waals surface area contributed by atoms with Gasteiger partial charge in [-0.15, -0.1) is 11.3 Å². The highest BCUT2D eigenvalue weighted by atomic mass is 35.5. The number of aromatic amines is 1. The largest absolute Gasteiger partial charge is 0.313 e. The second-order valence-corrected chi connectivity index (χ2v) is 7.54. The molecule has 110 valence electrons. The van der Waals surface area contributed by atoms with Crippen LogP contribution < -0.4 is 10.0 Å². The predicted molar refractivity (Wildman–Crippen MR) is 79.3 cm³/mol. The molecule has 0 unspecified atom stereocenters. The van der Waals surface area contributed by atoms with Crippen LogP contribution in [0.2, 0.25) is 4.34 Å². The van der Waals surface area contributed by atoms with Crippen LogP contribution >= 0.6 is 22.9 Å². The lowest BCUT2D eigenvalue weighted by molar-refractivity contribution is 0.574. The zero-order chi connectivity index (χ0) is 14.6. The van der Waals surface area contributed by atoms with E-state index < -0.39 is 10.0 Å². The van der Waals surface area contributed by atoms with Crippen LogP contribution in [0.25, 0.3) is 0 Å². The molecule has 0 saturated heterocycles. The molecule has 20 heavy (non-hydrogen) atoms. The predicted octanol–water partition coefficient (Wildman–Crippen LogP) is 1.71. The van der Waals surface area contributed by atoms with Crippen LogP contribution in [0, 0.1) is 0 Å². The molecule has 2 rings (SSSR count). The number of rotatable bonds is 7. The van der Waals surface area contributed by atoms with E-state index in [2.05, 4.69) is 20.2 Å². The standard InChI is InChI=1S/C11H15ClN4O2S2/c1-2-13-5-8-6-14-16-11(8)20(17,18)15-7-9-3-4-10(12)19-9/h3-4,6,13,15H,2,5,7H2,1H3,(H,14,16). The van der Waals surface area contributed by atoms with Gasteiger partial charge < -0.3 is 5.32 Å². The molecule has 2 aromatic rings. The first kappa shape index (κ1) is 15.5. The molecule has 0 aromatic carbocycles. The first-order chi connectivity index (χ1) is 9.53. The number of nitrogens with one attached hydrogen (secondary N) is 3. The SMILES string of the molecule is CCNCc1cn[nH]c1S(=O)(=O)NCc1ccc(Cl)s1. The summed E-state index contributed by atoms with van der Waals surface area (Å²) in [6.45, 7) is 3.37. The molecule has 2 aromatic heterocycles. The molecule has 2 heterocycles. The van der Waals surface area contributed by atoms with E-state index in [0.29, 0.717) is 16.4 Å². The van der Waals surface area contributed by atoms with Gasteiger partial charge in [-0.2, -0.15) is 5.10 Å². The number of sulfonamides is 1. The first-order valence-electron chi connectivity index (χ1n) is 5.99. The Labute approximate surface area is 126 Å². The van der Waals surface area contributed by atoms with Crippen molar-refractivity contribution in [3.8, 4) is 0 Å². The van der Waals surface area contributed by atoms with Crippen LogP contribution in [-0.2, 0) is 23.1 Å². The summed E-state index contributed by atoms with van der Waals surface area (Å²) in [4.78, 5) is 0.853. The molecule has 0 aliphatic heterocycles. The van der Waals surface area contributed by atoms with Crippen LogP contribution in [0.3, 0.4) is 0 Å². The third-order valence-electron chi connectivity index (χ3n) is 2.58. The quantitative estimate of drug-likeness (QED) is 0.719. The van der Waals surface area contributed by atoms with Crippen molar-refractivity contribution in [2.75, 3.05) is 6.54 Å². The summed E-state index contributed by atoms with van der Waals surface area (Å²) in [7, 11) is -3.61. The summed E-state index contributed by atoms with van der Waals surface area (Å²) in [5, 5.41) is 9.50. The lowest BCUT2D eigenvalue weighted by Gasteiger charge is -2.06. The van der Waals surface area contributed by atoms with Crippen LogP contribution in [-0.4, -0.2) is 25.2 Å². The third kappa shape index (κ3) is 3.80. The molecule has 0 amide bonds. The number of aromatic nitrogens is 2. The Morgan fingerprint density at radius 3 is 2.85 bits per heavy atom. The Morgan fingerprint density at radius 1 is 1.40 bits per heavy atom. The minimum Gasteiger partial charge on any atom is -0.313 e. The Bertz CT molecular complexity index is 666. The van der Waals surface area contributed by atoms with Crippen LogP contribution in [0.15, 0.2) is 23.4 Å². The maximum absolute atomic E-state index is 12.2. The van der Waals surface area contributed by atoms with Gasteiger partial charge in [0.25, 0.3) is 10.0 Å². The van der Waals surface area contributed by atoms with Gasteiger partial charge in [-0.05, 0) is 18.7 Å². The van der Waals surface area contributed by atoms with Gasteiger partial charge in [-0.3, -0.25) is 5.10 Å². The minimum atomic E-state index is -3.61. The topological polar surface area (TPSA) is 86.9 Å². The normalized spacial score (nSPS) is 11.9. The number of H-pyrrole nitrogens is 1. The Kier molecular flexibility index (Phi) is 5.17. The van der Waals surface area contributed by atoms with E-state index in [1.54, 1.807) is 12.1 Å². The van der Waals surface area contributed by atoms with Crippen LogP contribution in [0.1, 0.15) is 17.4 Å². The lowest BCUT2D eigenvalue weighted by Crippen LogP contribution is -2.25. The molecule has 0 radical (unpaired) electrons. The van der Waals surface area contributed by atoms with Crippen LogP contribution in [0.4, 0.5) is 0 Å². The maximum Gasteiger partial charge on any atom is 0.258 e. The van der Waals surface area contributed by atoms with E-state index in [0.717, 1.165) is 11.4 Å². The fourth-order valence-corrected chi connectivity index (χ4v) is 3.85. The van der Waals surface area contributed by atoms with Crippen molar-refractivity contribution in [3.05, 3.63) is 33.1 Å². The number of hydrogen-bond donors (Lipinski definition) is 3. The smallest absolute Gasteiger partial charge is 0.258 e. The molecular weight excluding hydrogens is 320 g/mol. The molecule has 0 bridgehead atoms. The number of halogens is 1. The van der Waals surface area contributed by atoms with E-state index in [4.69, 9.17) is 11.6 Å². The second kappa shape index (κ2) is 6.68. The molecule has 6 nitrogen and oxygen atoms in total. The number of nitrogens with zero attached hydrogens (tertiary/aromatic N) is 1. The summed E-state index contributed by atoms with van der Waals surface area (Å²) in [6, 6.07) is 3.53. The highest BCUT2D eigenvalue weighted by molar-refractivity contribution is 7.89. The fourth-order valence-electron chi connectivity index (χ4n) is 1.60. The first-order valence-corrected chi connectivity index (χ1v) is 8.67. The molecule has 9 heteroatoms. The van der Waals surface area contributed by atoms with Gasteiger partial charge in [0.2, 0.25) is 0 Å². The summed E-state index contributed by atoms with van der Waals surface area (Å²) in [5.41, 5.74) is 0.614. The Balaban J connectivity index is 2.08. The average molecular weight is 335 g/mol. The zero-order valence-electron chi connectivity index (χ0n) is 10.8. The van der Waals surface area contributed by atoms with Crippen molar-refractivity contribution in [3.63, 3.8) is 0 Å². The molecule has 0 atom stereocenters. The van der Waals surface area contributed by atoms with Gasteiger partial charge in [0.15, 0.2) is 5.03 Å². The van der Waals surface area contributed by atoms with Gasteiger partial charge in [0.1, 0.15) is 0 Å². The van der Waals surface area contributed by atoms with Crippen molar-refractivity contribution < 1.29 is 8.42 Å². The molecule has 0 spiro atoms. The highest BCUT2D eigenvalue weighted by Crippen LogP contribution is 2.21. The highest BCUT2D eigenvalue weighted by Gasteiger charge is 2.20. The fraction of sp³-hybridized carbons (Fsp3) is 0.364. The van der Waals surface area contributed by atoms with E-state index in [-0.39, 0.29) is 11.6 Å². The van der Waals surface area contributed by atoms with Gasteiger partial charge in [0, 0.05) is 23.5 Å². The molecule has 0 aliphatic carbocycles. The molecule has 3 N–H and O–H groups in total. The molecule has 0 aliphatic rings. The summed E-state index contributed by atoms with van der Waals surface area (Å²) >= 11 is 7.15. The van der Waals surface area contributed by atoms with Crippen molar-refractivity contribution in [1.82, 2.24) is 20.2 Å². The van der Waals surface area contributed by atoms with E-state index in [1.807, 2.05) is 6.92 Å².